The second-order valence-electron chi connectivity index (χ2n) is 4.73. The molecule has 3 nitrogen and oxygen atoms in total. The van der Waals surface area contributed by atoms with Crippen molar-refractivity contribution in [3.8, 4) is 5.75 Å². The predicted molar refractivity (Wildman–Crippen MR) is 68.3 cm³/mol. The predicted octanol–water partition coefficient (Wildman–Crippen LogP) is 2.84. The summed E-state index contributed by atoms with van der Waals surface area (Å²) in [6.07, 6.45) is 4.15. The lowest BCUT2D eigenvalue weighted by Gasteiger charge is -2.13. The molecule has 1 fully saturated rings. The molecule has 3 rings (SSSR count). The van der Waals surface area contributed by atoms with Gasteiger partial charge in [-0.25, -0.2) is 4.39 Å². The van der Waals surface area contributed by atoms with Crippen LogP contribution in [0.15, 0.2) is 42.7 Å². The van der Waals surface area contributed by atoms with Crippen LogP contribution in [0.5, 0.6) is 5.75 Å². The normalized spacial score (nSPS) is 16.1. The van der Waals surface area contributed by atoms with E-state index in [1.54, 1.807) is 12.1 Å². The van der Waals surface area contributed by atoms with E-state index in [1.165, 1.54) is 12.3 Å². The van der Waals surface area contributed by atoms with Gasteiger partial charge in [0.2, 0.25) is 0 Å². The van der Waals surface area contributed by atoms with Gasteiger partial charge < -0.3 is 9.84 Å². The molecule has 0 aliphatic heterocycles. The van der Waals surface area contributed by atoms with Crippen molar-refractivity contribution in [2.45, 2.75) is 25.0 Å². The van der Waals surface area contributed by atoms with E-state index in [0.29, 0.717) is 17.2 Å². The highest BCUT2D eigenvalue weighted by molar-refractivity contribution is 5.34. The first-order valence-electron chi connectivity index (χ1n) is 6.27. The molecule has 0 spiro atoms. The minimum absolute atomic E-state index is 0.309. The molecule has 1 aromatic heterocycles. The third-order valence-electron chi connectivity index (χ3n) is 3.04. The summed E-state index contributed by atoms with van der Waals surface area (Å²) in [4.78, 5) is 3.75. The van der Waals surface area contributed by atoms with Crippen LogP contribution >= 0.6 is 0 Å². The van der Waals surface area contributed by atoms with Crippen molar-refractivity contribution in [3.63, 3.8) is 0 Å². The number of rotatable bonds is 4. The van der Waals surface area contributed by atoms with Gasteiger partial charge in [-0.3, -0.25) is 4.98 Å². The zero-order valence-corrected chi connectivity index (χ0v) is 10.3. The van der Waals surface area contributed by atoms with Crippen LogP contribution in [0.4, 0.5) is 4.39 Å². The average Bonchev–Trinajstić information content (AvgIpc) is 3.22. The molecule has 1 aromatic carbocycles. The molecule has 1 heterocycles. The van der Waals surface area contributed by atoms with Gasteiger partial charge in [-0.15, -0.1) is 0 Å². The number of benzene rings is 1. The molecular weight excluding hydrogens is 245 g/mol. The molecule has 98 valence electrons. The minimum atomic E-state index is -0.897. The van der Waals surface area contributed by atoms with Gasteiger partial charge in [0.1, 0.15) is 17.7 Å². The van der Waals surface area contributed by atoms with Crippen LogP contribution in [0.1, 0.15) is 30.1 Å². The zero-order valence-electron chi connectivity index (χ0n) is 10.3. The summed E-state index contributed by atoms with van der Waals surface area (Å²) in [6.45, 7) is 0. The van der Waals surface area contributed by atoms with Crippen LogP contribution in [0, 0.1) is 5.82 Å². The number of halogens is 1. The largest absolute Gasteiger partial charge is 0.490 e. The Morgan fingerprint density at radius 3 is 2.79 bits per heavy atom. The molecule has 1 unspecified atom stereocenters. The lowest BCUT2D eigenvalue weighted by atomic mass is 10.0. The summed E-state index contributed by atoms with van der Waals surface area (Å²) in [5.74, 6) is 0.283. The van der Waals surface area contributed by atoms with Crippen molar-refractivity contribution >= 4 is 0 Å². The van der Waals surface area contributed by atoms with Gasteiger partial charge in [0.25, 0.3) is 0 Å². The number of aliphatic hydroxyl groups excluding tert-OH is 1. The fourth-order valence-corrected chi connectivity index (χ4v) is 1.91. The Bertz CT molecular complexity index is 584. The first kappa shape index (κ1) is 12.1. The Balaban J connectivity index is 1.83. The van der Waals surface area contributed by atoms with Crippen molar-refractivity contribution in [1.82, 2.24) is 4.98 Å². The molecule has 1 N–H and O–H groups in total. The molecule has 0 bridgehead atoms. The number of aromatic nitrogens is 1. The summed E-state index contributed by atoms with van der Waals surface area (Å²) >= 11 is 0. The van der Waals surface area contributed by atoms with Crippen LogP contribution in [-0.2, 0) is 0 Å². The highest BCUT2D eigenvalue weighted by atomic mass is 19.1. The van der Waals surface area contributed by atoms with Crippen LogP contribution in [-0.4, -0.2) is 16.2 Å². The summed E-state index contributed by atoms with van der Waals surface area (Å²) in [6, 6.07) is 8.54. The molecule has 0 amide bonds. The lowest BCUT2D eigenvalue weighted by molar-refractivity contribution is 0.218. The van der Waals surface area contributed by atoms with Crippen molar-refractivity contribution in [2.24, 2.45) is 0 Å². The van der Waals surface area contributed by atoms with E-state index in [2.05, 4.69) is 4.98 Å². The monoisotopic (exact) mass is 259 g/mol. The van der Waals surface area contributed by atoms with Crippen molar-refractivity contribution in [2.75, 3.05) is 0 Å². The second-order valence-corrected chi connectivity index (χ2v) is 4.73. The van der Waals surface area contributed by atoms with E-state index < -0.39 is 11.9 Å². The quantitative estimate of drug-likeness (QED) is 0.918. The third kappa shape index (κ3) is 2.90. The highest BCUT2D eigenvalue weighted by Gasteiger charge is 2.23. The number of nitrogens with zero attached hydrogens (tertiary/aromatic N) is 1. The van der Waals surface area contributed by atoms with E-state index in [4.69, 9.17) is 4.74 Å². The van der Waals surface area contributed by atoms with E-state index in [0.717, 1.165) is 24.8 Å². The van der Waals surface area contributed by atoms with Crippen molar-refractivity contribution in [3.05, 3.63) is 59.7 Å². The SMILES string of the molecule is OC(c1cncc(F)c1)c1cccc(OC2CC2)c1. The number of ether oxygens (including phenoxy) is 1. The molecule has 1 saturated carbocycles. The third-order valence-corrected chi connectivity index (χ3v) is 3.04. The van der Waals surface area contributed by atoms with Gasteiger partial charge in [0.05, 0.1) is 12.3 Å². The van der Waals surface area contributed by atoms with Gasteiger partial charge in [-0.05, 0) is 36.6 Å². The number of hydrogen-bond acceptors (Lipinski definition) is 3. The van der Waals surface area contributed by atoms with E-state index in [9.17, 15) is 9.50 Å². The molecule has 1 aliphatic rings. The van der Waals surface area contributed by atoms with Crippen LogP contribution < -0.4 is 4.74 Å². The summed E-state index contributed by atoms with van der Waals surface area (Å²) in [5, 5.41) is 10.2. The topological polar surface area (TPSA) is 42.4 Å². The van der Waals surface area contributed by atoms with Gasteiger partial charge >= 0.3 is 0 Å². The van der Waals surface area contributed by atoms with E-state index in [1.807, 2.05) is 12.1 Å². The smallest absolute Gasteiger partial charge is 0.141 e. The van der Waals surface area contributed by atoms with Gasteiger partial charge in [-0.2, -0.15) is 0 Å². The van der Waals surface area contributed by atoms with Crippen LogP contribution in [0.2, 0.25) is 0 Å². The van der Waals surface area contributed by atoms with E-state index >= 15 is 0 Å². The summed E-state index contributed by atoms with van der Waals surface area (Å²) in [7, 11) is 0. The molecule has 2 aromatic rings. The molecule has 1 aliphatic carbocycles. The first-order chi connectivity index (χ1) is 9.22. The maximum Gasteiger partial charge on any atom is 0.141 e. The minimum Gasteiger partial charge on any atom is -0.490 e. The Kier molecular flexibility index (Phi) is 3.17. The lowest BCUT2D eigenvalue weighted by Crippen LogP contribution is -2.02. The number of aliphatic hydroxyl groups is 1. The Morgan fingerprint density at radius 2 is 2.05 bits per heavy atom. The van der Waals surface area contributed by atoms with Gasteiger partial charge in [-0.1, -0.05) is 12.1 Å². The molecule has 1 atom stereocenters. The maximum absolute atomic E-state index is 13.1. The van der Waals surface area contributed by atoms with Crippen molar-refractivity contribution < 1.29 is 14.2 Å². The van der Waals surface area contributed by atoms with E-state index in [-0.39, 0.29) is 0 Å². The van der Waals surface area contributed by atoms with Crippen molar-refractivity contribution in [1.29, 1.82) is 0 Å². The maximum atomic E-state index is 13.1. The molecule has 4 heteroatoms. The molecule has 0 radical (unpaired) electrons. The molecule has 19 heavy (non-hydrogen) atoms. The van der Waals surface area contributed by atoms with Gasteiger partial charge in [0.15, 0.2) is 0 Å². The molecule has 0 saturated heterocycles. The fraction of sp³-hybridized carbons (Fsp3) is 0.267. The Morgan fingerprint density at radius 1 is 1.21 bits per heavy atom. The first-order valence-corrected chi connectivity index (χ1v) is 6.27. The Labute approximate surface area is 110 Å². The number of pyridine rings is 1. The fourth-order valence-electron chi connectivity index (χ4n) is 1.91. The van der Waals surface area contributed by atoms with Gasteiger partial charge in [0, 0.05) is 11.8 Å². The van der Waals surface area contributed by atoms with Crippen LogP contribution in [0.25, 0.3) is 0 Å². The average molecular weight is 259 g/mol. The molecular formula is C15H14FNO2. The Hall–Kier alpha value is -1.94. The summed E-state index contributed by atoms with van der Waals surface area (Å²) in [5.41, 5.74) is 1.11. The second kappa shape index (κ2) is 4.97. The standard InChI is InChI=1S/C15H14FNO2/c16-12-6-11(8-17-9-12)15(18)10-2-1-3-14(7-10)19-13-4-5-13/h1-3,6-9,13,15,18H,4-5H2. The summed E-state index contributed by atoms with van der Waals surface area (Å²) < 4.78 is 18.8. The number of hydrogen-bond donors (Lipinski definition) is 1. The van der Waals surface area contributed by atoms with Crippen LogP contribution in [0.3, 0.4) is 0 Å². The highest BCUT2D eigenvalue weighted by Crippen LogP contribution is 2.29. The zero-order chi connectivity index (χ0) is 13.2.